The molecule has 8 aromatic rings. The maximum atomic E-state index is 13.7. The first-order valence-electron chi connectivity index (χ1n) is 16.3. The summed E-state index contributed by atoms with van der Waals surface area (Å²) in [5.74, 6) is 1.22. The lowest BCUT2D eigenvalue weighted by molar-refractivity contribution is 0.628. The van der Waals surface area contributed by atoms with Gasteiger partial charge in [0.2, 0.25) is 0 Å². The molecule has 230 valence electrons. The highest BCUT2D eigenvalue weighted by Crippen LogP contribution is 2.41. The van der Waals surface area contributed by atoms with Gasteiger partial charge in [-0.3, -0.25) is 4.57 Å². The summed E-state index contributed by atoms with van der Waals surface area (Å²) in [5, 5.41) is 2.04. The van der Waals surface area contributed by atoms with Crippen molar-refractivity contribution in [3.05, 3.63) is 144 Å². The summed E-state index contributed by atoms with van der Waals surface area (Å²) in [6.07, 6.45) is 0. The highest BCUT2D eigenvalue weighted by Gasteiger charge is 2.24. The Morgan fingerprint density at radius 2 is 1.11 bits per heavy atom. The SMILES string of the molecule is CC(C)c1cc(-c2ccccc2)cc(C(C)C)c1-n1c(-c2ccc3oc4ccc(-c5ccc(F)cc5)cc4c3c2)nc2ccccc21. The second-order valence-corrected chi connectivity index (χ2v) is 13.0. The van der Waals surface area contributed by atoms with Crippen LogP contribution in [-0.2, 0) is 0 Å². The van der Waals surface area contributed by atoms with Gasteiger partial charge in [-0.2, -0.15) is 0 Å². The molecule has 0 aliphatic carbocycles. The molecule has 0 saturated heterocycles. The zero-order valence-electron chi connectivity index (χ0n) is 27.0. The van der Waals surface area contributed by atoms with Crippen molar-refractivity contribution in [2.75, 3.05) is 0 Å². The second-order valence-electron chi connectivity index (χ2n) is 13.0. The van der Waals surface area contributed by atoms with Crippen molar-refractivity contribution < 1.29 is 8.81 Å². The molecule has 47 heavy (non-hydrogen) atoms. The Kier molecular flexibility index (Phi) is 7.02. The molecule has 0 bridgehead atoms. The number of rotatable bonds is 6. The van der Waals surface area contributed by atoms with E-state index in [1.54, 1.807) is 0 Å². The number of fused-ring (bicyclic) bond motifs is 4. The number of hydrogen-bond acceptors (Lipinski definition) is 2. The van der Waals surface area contributed by atoms with Gasteiger partial charge < -0.3 is 4.42 Å². The van der Waals surface area contributed by atoms with Crippen LogP contribution in [0.2, 0.25) is 0 Å². The fourth-order valence-corrected chi connectivity index (χ4v) is 6.80. The fourth-order valence-electron chi connectivity index (χ4n) is 6.80. The third kappa shape index (κ3) is 5.01. The number of hydrogen-bond donors (Lipinski definition) is 0. The van der Waals surface area contributed by atoms with Crippen LogP contribution in [0.3, 0.4) is 0 Å². The van der Waals surface area contributed by atoms with E-state index in [-0.39, 0.29) is 17.7 Å². The first-order chi connectivity index (χ1) is 22.9. The lowest BCUT2D eigenvalue weighted by Gasteiger charge is -2.24. The molecule has 0 aliphatic heterocycles. The van der Waals surface area contributed by atoms with Gasteiger partial charge in [0, 0.05) is 16.3 Å². The average molecular weight is 615 g/mol. The van der Waals surface area contributed by atoms with Crippen LogP contribution < -0.4 is 0 Å². The quantitative estimate of drug-likeness (QED) is 0.187. The van der Waals surface area contributed by atoms with Crippen LogP contribution in [0.1, 0.15) is 50.7 Å². The van der Waals surface area contributed by atoms with Crippen molar-refractivity contribution in [2.24, 2.45) is 0 Å². The van der Waals surface area contributed by atoms with Crippen LogP contribution in [0.25, 0.3) is 72.3 Å². The van der Waals surface area contributed by atoms with Crippen LogP contribution in [-0.4, -0.2) is 9.55 Å². The smallest absolute Gasteiger partial charge is 0.145 e. The Bertz CT molecular complexity index is 2380. The Morgan fingerprint density at radius 1 is 0.553 bits per heavy atom. The molecule has 0 unspecified atom stereocenters. The van der Waals surface area contributed by atoms with E-state index in [0.717, 1.165) is 55.5 Å². The van der Waals surface area contributed by atoms with Crippen LogP contribution in [0, 0.1) is 5.82 Å². The van der Waals surface area contributed by atoms with Gasteiger partial charge >= 0.3 is 0 Å². The number of aromatic nitrogens is 2. The number of halogens is 1. The van der Waals surface area contributed by atoms with Crippen molar-refractivity contribution in [2.45, 2.75) is 39.5 Å². The molecule has 0 spiro atoms. The summed E-state index contributed by atoms with van der Waals surface area (Å²) in [4.78, 5) is 5.28. The Morgan fingerprint density at radius 3 is 1.77 bits per heavy atom. The zero-order valence-corrected chi connectivity index (χ0v) is 27.0. The summed E-state index contributed by atoms with van der Waals surface area (Å²) in [6.45, 7) is 9.11. The van der Waals surface area contributed by atoms with Gasteiger partial charge in [0.05, 0.1) is 16.7 Å². The van der Waals surface area contributed by atoms with Crippen molar-refractivity contribution >= 4 is 33.0 Å². The molecule has 0 radical (unpaired) electrons. The van der Waals surface area contributed by atoms with E-state index in [1.165, 1.54) is 40.1 Å². The highest BCUT2D eigenvalue weighted by molar-refractivity contribution is 6.07. The number of furan rings is 1. The third-order valence-electron chi connectivity index (χ3n) is 9.21. The first kappa shape index (κ1) is 29.0. The second kappa shape index (κ2) is 11.4. The summed E-state index contributed by atoms with van der Waals surface area (Å²) in [5.41, 5.74) is 12.9. The van der Waals surface area contributed by atoms with E-state index < -0.39 is 0 Å². The molecule has 8 rings (SSSR count). The zero-order chi connectivity index (χ0) is 32.2. The third-order valence-corrected chi connectivity index (χ3v) is 9.21. The maximum absolute atomic E-state index is 13.7. The molecule has 0 saturated carbocycles. The van der Waals surface area contributed by atoms with E-state index in [0.29, 0.717) is 0 Å². The minimum atomic E-state index is -0.243. The fraction of sp³-hybridized carbons (Fsp3) is 0.140. The minimum absolute atomic E-state index is 0.243. The predicted molar refractivity (Wildman–Crippen MR) is 193 cm³/mol. The van der Waals surface area contributed by atoms with E-state index >= 15 is 0 Å². The summed E-state index contributed by atoms with van der Waals surface area (Å²) >= 11 is 0. The largest absolute Gasteiger partial charge is 0.456 e. The Balaban J connectivity index is 1.38. The molecular formula is C43H35FN2O. The molecule has 0 N–H and O–H groups in total. The van der Waals surface area contributed by atoms with Crippen LogP contribution >= 0.6 is 0 Å². The standard InChI is InChI=1S/C43H35FN2O/c1-26(2)34-24-32(28-10-6-5-7-11-28)25-35(27(3)4)42(34)46-39-13-9-8-12-38(39)45-43(46)31-17-21-41-37(23-31)36-22-30(16-20-40(36)47-41)29-14-18-33(44)19-15-29/h5-27H,1-4H3. The van der Waals surface area contributed by atoms with Gasteiger partial charge in [0.15, 0.2) is 0 Å². The summed E-state index contributed by atoms with van der Waals surface area (Å²) < 4.78 is 22.3. The lowest BCUT2D eigenvalue weighted by atomic mass is 9.88. The van der Waals surface area contributed by atoms with Crippen molar-refractivity contribution in [1.29, 1.82) is 0 Å². The van der Waals surface area contributed by atoms with E-state index in [9.17, 15) is 4.39 Å². The number of imidazole rings is 1. The lowest BCUT2D eigenvalue weighted by Crippen LogP contribution is -2.09. The molecule has 2 aromatic heterocycles. The van der Waals surface area contributed by atoms with Gasteiger partial charge in [-0.25, -0.2) is 9.37 Å². The van der Waals surface area contributed by atoms with Gasteiger partial charge in [-0.05, 0) is 112 Å². The minimum Gasteiger partial charge on any atom is -0.456 e. The molecular weight excluding hydrogens is 579 g/mol. The van der Waals surface area contributed by atoms with Crippen molar-refractivity contribution in [1.82, 2.24) is 9.55 Å². The first-order valence-corrected chi connectivity index (χ1v) is 16.3. The molecule has 0 atom stereocenters. The van der Waals surface area contributed by atoms with Crippen molar-refractivity contribution in [3.8, 4) is 39.3 Å². The topological polar surface area (TPSA) is 31.0 Å². The predicted octanol–water partition coefficient (Wildman–Crippen LogP) is 12.3. The van der Waals surface area contributed by atoms with Gasteiger partial charge in [-0.1, -0.05) is 88.4 Å². The molecule has 6 aromatic carbocycles. The van der Waals surface area contributed by atoms with Crippen LogP contribution in [0.5, 0.6) is 0 Å². The van der Waals surface area contributed by atoms with Crippen LogP contribution in [0.4, 0.5) is 4.39 Å². The van der Waals surface area contributed by atoms with Gasteiger partial charge in [0.25, 0.3) is 0 Å². The summed E-state index contributed by atoms with van der Waals surface area (Å²) in [7, 11) is 0. The maximum Gasteiger partial charge on any atom is 0.145 e. The van der Waals surface area contributed by atoms with E-state index in [2.05, 4.69) is 123 Å². The molecule has 4 heteroatoms. The average Bonchev–Trinajstić information content (AvgIpc) is 3.66. The van der Waals surface area contributed by atoms with E-state index in [1.807, 2.05) is 24.3 Å². The molecule has 0 amide bonds. The molecule has 3 nitrogen and oxygen atoms in total. The number of nitrogens with zero attached hydrogens (tertiary/aromatic N) is 2. The highest BCUT2D eigenvalue weighted by atomic mass is 19.1. The van der Waals surface area contributed by atoms with Gasteiger partial charge in [0.1, 0.15) is 22.8 Å². The number of para-hydroxylation sites is 2. The normalized spacial score (nSPS) is 11.9. The van der Waals surface area contributed by atoms with Crippen LogP contribution in [0.15, 0.2) is 132 Å². The van der Waals surface area contributed by atoms with Gasteiger partial charge in [-0.15, -0.1) is 0 Å². The summed E-state index contributed by atoms with van der Waals surface area (Å²) in [6, 6.07) is 43.0. The molecule has 0 aliphatic rings. The van der Waals surface area contributed by atoms with Crippen molar-refractivity contribution in [3.63, 3.8) is 0 Å². The monoisotopic (exact) mass is 614 g/mol. The Labute approximate surface area is 273 Å². The number of benzene rings is 6. The van der Waals surface area contributed by atoms with E-state index in [4.69, 9.17) is 9.40 Å². The molecule has 2 heterocycles. The molecule has 0 fully saturated rings. The Hall–Kier alpha value is -5.48.